The summed E-state index contributed by atoms with van der Waals surface area (Å²) in [5.41, 5.74) is 7.55. The first-order valence-electron chi connectivity index (χ1n) is 17.3. The molecule has 0 radical (unpaired) electrons. The summed E-state index contributed by atoms with van der Waals surface area (Å²) in [6, 6.07) is 11.1. The van der Waals surface area contributed by atoms with Crippen molar-refractivity contribution in [2.75, 3.05) is 32.4 Å². The molecule has 2 aromatic carbocycles. The fourth-order valence-electron chi connectivity index (χ4n) is 6.63. The number of aromatic nitrogens is 1. The second-order valence-electron chi connectivity index (χ2n) is 13.2. The smallest absolute Gasteiger partial charge is 0.266 e. The van der Waals surface area contributed by atoms with E-state index in [0.717, 1.165) is 37.8 Å². The van der Waals surface area contributed by atoms with Crippen molar-refractivity contribution in [1.82, 2.24) is 25.2 Å². The number of Topliss-reactive ketones (excluding diaryl/α,β-unsaturated/α-hetero) is 1. The third-order valence-corrected chi connectivity index (χ3v) is 10.3. The lowest BCUT2D eigenvalue weighted by atomic mass is 9.91. The Hall–Kier alpha value is -3.40. The van der Waals surface area contributed by atoms with Gasteiger partial charge < -0.3 is 30.4 Å². The Kier molecular flexibility index (Phi) is 13.4. The fourth-order valence-corrected chi connectivity index (χ4v) is 7.49. The summed E-state index contributed by atoms with van der Waals surface area (Å²) in [5, 5.41) is 6.79. The number of nitrogens with zero attached hydrogens (tertiary/aromatic N) is 2. The largest absolute Gasteiger partial charge is 0.434 e. The van der Waals surface area contributed by atoms with E-state index >= 15 is 0 Å². The standard InChI is InChI=1S/C35H47ClN6O7S/c1-50(46,47)41-29(14-11-23-15-18-38-19-16-23)35(45)42-21-26(48-22-24-9-12-25(36)13-10-24)20-30(42)33(44)39-28(7-4-5-17-37)32(43)34-40-27-6-2-3-8-31(27)49-34/h2-3,6,8-10,12-13,23,26,28-30,38,41H,4-5,7,11,14-22,37H2,1H3,(H,39,44)/t26-,28+,29-,30+/m1/s1. The third-order valence-electron chi connectivity index (χ3n) is 9.31. The maximum Gasteiger partial charge on any atom is 0.266 e. The molecule has 2 amide bonds. The molecule has 272 valence electrons. The van der Waals surface area contributed by atoms with E-state index in [1.807, 2.05) is 12.1 Å². The van der Waals surface area contributed by atoms with Crippen LogP contribution in [0, 0.1) is 5.92 Å². The first-order chi connectivity index (χ1) is 24.0. The lowest BCUT2D eigenvalue weighted by Gasteiger charge is -2.30. The molecule has 0 aliphatic carbocycles. The van der Waals surface area contributed by atoms with E-state index in [4.69, 9.17) is 26.5 Å². The average Bonchev–Trinajstić information content (AvgIpc) is 3.74. The lowest BCUT2D eigenvalue weighted by molar-refractivity contribution is -0.140. The SMILES string of the molecule is CS(=O)(=O)N[C@H](CCC1CCNCC1)C(=O)N1C[C@H](OCc2ccc(Cl)cc2)C[C@H]1C(=O)N[C@@H](CCCCN)C(=O)c1nc2ccccc2o1. The molecule has 3 heterocycles. The molecule has 15 heteroatoms. The van der Waals surface area contributed by atoms with Gasteiger partial charge in [0.25, 0.3) is 5.89 Å². The number of para-hydroxylation sites is 2. The monoisotopic (exact) mass is 730 g/mol. The number of rotatable bonds is 17. The molecule has 5 N–H and O–H groups in total. The Labute approximate surface area is 298 Å². The fraction of sp³-hybridized carbons (Fsp3) is 0.543. The number of amides is 2. The predicted octanol–water partition coefficient (Wildman–Crippen LogP) is 3.16. The summed E-state index contributed by atoms with van der Waals surface area (Å²) >= 11 is 6.04. The van der Waals surface area contributed by atoms with Gasteiger partial charge in [0, 0.05) is 18.0 Å². The van der Waals surface area contributed by atoms with Gasteiger partial charge in [-0.1, -0.05) is 35.9 Å². The number of sulfonamides is 1. The molecule has 2 aliphatic heterocycles. The zero-order valence-electron chi connectivity index (χ0n) is 28.3. The number of nitrogens with two attached hydrogens (primary N) is 1. The predicted molar refractivity (Wildman–Crippen MR) is 190 cm³/mol. The highest BCUT2D eigenvalue weighted by Crippen LogP contribution is 2.27. The zero-order valence-corrected chi connectivity index (χ0v) is 29.9. The molecule has 4 atom stereocenters. The number of halogens is 1. The molecule has 0 saturated carbocycles. The highest BCUT2D eigenvalue weighted by molar-refractivity contribution is 7.88. The number of likely N-dealkylation sites (tertiary alicyclic amines) is 1. The van der Waals surface area contributed by atoms with Gasteiger partial charge in [0.1, 0.15) is 17.6 Å². The Morgan fingerprint density at radius 1 is 1.08 bits per heavy atom. The van der Waals surface area contributed by atoms with Crippen LogP contribution in [0.1, 0.15) is 67.6 Å². The van der Waals surface area contributed by atoms with Crippen molar-refractivity contribution in [3.05, 3.63) is 65.0 Å². The summed E-state index contributed by atoms with van der Waals surface area (Å²) in [5.74, 6) is -1.31. The maximum atomic E-state index is 14.3. The molecule has 0 bridgehead atoms. The minimum atomic E-state index is -3.76. The van der Waals surface area contributed by atoms with Crippen molar-refractivity contribution in [3.8, 4) is 0 Å². The Morgan fingerprint density at radius 3 is 2.52 bits per heavy atom. The molecule has 2 aliphatic rings. The summed E-state index contributed by atoms with van der Waals surface area (Å²) in [6.45, 7) is 2.45. The van der Waals surface area contributed by atoms with E-state index in [2.05, 4.69) is 20.3 Å². The van der Waals surface area contributed by atoms with Crippen LogP contribution in [-0.2, 0) is 31.0 Å². The molecule has 1 aromatic heterocycles. The number of piperidine rings is 1. The molecule has 2 saturated heterocycles. The molecule has 50 heavy (non-hydrogen) atoms. The molecule has 0 spiro atoms. The molecular weight excluding hydrogens is 684 g/mol. The number of unbranched alkanes of at least 4 members (excludes halogenated alkanes) is 1. The summed E-state index contributed by atoms with van der Waals surface area (Å²) in [4.78, 5) is 47.8. The Bertz CT molecular complexity index is 1680. The second-order valence-corrected chi connectivity index (χ2v) is 15.4. The van der Waals surface area contributed by atoms with Gasteiger partial charge in [-0.15, -0.1) is 0 Å². The third kappa shape index (κ3) is 10.6. The number of ketones is 1. The van der Waals surface area contributed by atoms with Crippen LogP contribution in [0.3, 0.4) is 0 Å². The van der Waals surface area contributed by atoms with E-state index in [9.17, 15) is 22.8 Å². The van der Waals surface area contributed by atoms with Crippen LogP contribution in [0.15, 0.2) is 52.9 Å². The van der Waals surface area contributed by atoms with Crippen molar-refractivity contribution in [3.63, 3.8) is 0 Å². The van der Waals surface area contributed by atoms with Crippen LogP contribution in [-0.4, -0.2) is 92.6 Å². The Balaban J connectivity index is 1.37. The second kappa shape index (κ2) is 17.7. The maximum absolute atomic E-state index is 14.3. The van der Waals surface area contributed by atoms with E-state index < -0.39 is 51.9 Å². The molecule has 13 nitrogen and oxygen atoms in total. The average molecular weight is 731 g/mol. The first kappa shape index (κ1) is 37.8. The van der Waals surface area contributed by atoms with Crippen molar-refractivity contribution in [1.29, 1.82) is 0 Å². The minimum absolute atomic E-state index is 0.0662. The molecule has 2 fully saturated rings. The van der Waals surface area contributed by atoms with E-state index in [0.29, 0.717) is 47.8 Å². The van der Waals surface area contributed by atoms with Crippen LogP contribution in [0.4, 0.5) is 0 Å². The number of nitrogens with one attached hydrogen (secondary N) is 3. The van der Waals surface area contributed by atoms with Crippen molar-refractivity contribution >= 4 is 50.3 Å². The van der Waals surface area contributed by atoms with Crippen LogP contribution in [0.25, 0.3) is 11.1 Å². The number of fused-ring (bicyclic) bond motifs is 1. The van der Waals surface area contributed by atoms with Crippen LogP contribution in [0.5, 0.6) is 0 Å². The van der Waals surface area contributed by atoms with E-state index in [1.54, 1.807) is 36.4 Å². The number of hydrogen-bond donors (Lipinski definition) is 4. The van der Waals surface area contributed by atoms with Gasteiger partial charge in [0.05, 0.1) is 25.0 Å². The number of oxazole rings is 1. The van der Waals surface area contributed by atoms with Crippen molar-refractivity contribution in [2.45, 2.75) is 82.2 Å². The van der Waals surface area contributed by atoms with Crippen LogP contribution < -0.4 is 21.1 Å². The summed E-state index contributed by atoms with van der Waals surface area (Å²) in [6.07, 6.45) is 4.94. The van der Waals surface area contributed by atoms with Gasteiger partial charge in [-0.3, -0.25) is 14.4 Å². The lowest BCUT2D eigenvalue weighted by Crippen LogP contribution is -2.55. The van der Waals surface area contributed by atoms with Gasteiger partial charge in [-0.25, -0.2) is 18.1 Å². The van der Waals surface area contributed by atoms with Gasteiger partial charge in [-0.2, -0.15) is 0 Å². The van der Waals surface area contributed by atoms with Gasteiger partial charge in [-0.05, 0) is 100 Å². The quantitative estimate of drug-likeness (QED) is 0.119. The molecule has 3 aromatic rings. The summed E-state index contributed by atoms with van der Waals surface area (Å²) < 4.78 is 39.4. The molecule has 5 rings (SSSR count). The van der Waals surface area contributed by atoms with E-state index in [1.165, 1.54) is 4.90 Å². The van der Waals surface area contributed by atoms with Crippen molar-refractivity contribution < 1.29 is 32.0 Å². The molecular formula is C35H47ClN6O7S. The number of carbonyl (C=O) groups excluding carboxylic acids is 3. The highest BCUT2D eigenvalue weighted by Gasteiger charge is 2.44. The topological polar surface area (TPSA) is 186 Å². The number of ether oxygens (including phenoxy) is 1. The van der Waals surface area contributed by atoms with E-state index in [-0.39, 0.29) is 38.3 Å². The number of hydrogen-bond acceptors (Lipinski definition) is 10. The number of benzene rings is 2. The number of carbonyl (C=O) groups is 3. The normalized spacial score (nSPS) is 19.8. The van der Waals surface area contributed by atoms with Gasteiger partial charge >= 0.3 is 0 Å². The molecule has 0 unspecified atom stereocenters. The van der Waals surface area contributed by atoms with Crippen LogP contribution >= 0.6 is 11.6 Å². The van der Waals surface area contributed by atoms with Crippen molar-refractivity contribution in [2.24, 2.45) is 11.7 Å². The highest BCUT2D eigenvalue weighted by atomic mass is 35.5. The minimum Gasteiger partial charge on any atom is -0.434 e. The van der Waals surface area contributed by atoms with Crippen LogP contribution in [0.2, 0.25) is 5.02 Å². The Morgan fingerprint density at radius 2 is 1.82 bits per heavy atom. The van der Waals surface area contributed by atoms with Gasteiger partial charge in [0.15, 0.2) is 5.58 Å². The van der Waals surface area contributed by atoms with Gasteiger partial charge in [0.2, 0.25) is 27.6 Å². The zero-order chi connectivity index (χ0) is 35.7. The first-order valence-corrected chi connectivity index (χ1v) is 19.5. The summed E-state index contributed by atoms with van der Waals surface area (Å²) in [7, 11) is -3.76.